The summed E-state index contributed by atoms with van der Waals surface area (Å²) in [5, 5.41) is 0. The molecule has 0 N–H and O–H groups in total. The van der Waals surface area contributed by atoms with Crippen LogP contribution in [-0.2, 0) is 49.5 Å². The molecule has 6 saturated carbocycles. The molecule has 15 heterocycles. The van der Waals surface area contributed by atoms with E-state index < -0.39 is 0 Å². The number of rotatable bonds is 3. The van der Waals surface area contributed by atoms with Crippen molar-refractivity contribution in [1.82, 2.24) is 54.8 Å². The lowest BCUT2D eigenvalue weighted by Gasteiger charge is -2.63. The summed E-state index contributed by atoms with van der Waals surface area (Å²) in [6, 6.07) is 53.0. The molecule has 17 nitrogen and oxygen atoms in total. The maximum atomic E-state index is 4.96. The molecule has 12 aromatic rings. The van der Waals surface area contributed by atoms with Gasteiger partial charge >= 0.3 is 0 Å². The predicted octanol–water partition coefficient (Wildman–Crippen LogP) is 29.0. The molecule has 0 amide bonds. The van der Waals surface area contributed by atoms with E-state index in [9.17, 15) is 0 Å². The van der Waals surface area contributed by atoms with Crippen LogP contribution in [0.2, 0.25) is 0 Å². The Hall–Kier alpha value is -11.3. The predicted molar refractivity (Wildman–Crippen MR) is 573 cm³/mol. The van der Waals surface area contributed by atoms with Gasteiger partial charge in [0, 0.05) is 121 Å². The van der Waals surface area contributed by atoms with Gasteiger partial charge in [0.05, 0.1) is 104 Å². The van der Waals surface area contributed by atoms with Crippen LogP contribution in [-0.4, -0.2) is 54.8 Å². The summed E-state index contributed by atoms with van der Waals surface area (Å²) >= 11 is 0. The lowest BCUT2D eigenvalue weighted by atomic mass is 9.47. The van der Waals surface area contributed by atoms with E-state index in [0.29, 0.717) is 24.2 Å². The Kier molecular flexibility index (Phi) is 23.1. The van der Waals surface area contributed by atoms with Crippen LogP contribution in [0.15, 0.2) is 208 Å². The molecule has 0 radical (unpaired) electrons. The first-order valence-corrected chi connectivity index (χ1v) is 53.3. The highest BCUT2D eigenvalue weighted by Gasteiger charge is 2.70. The van der Waals surface area contributed by atoms with Crippen molar-refractivity contribution < 1.29 is 0 Å². The largest absolute Gasteiger partial charge is 0.353 e. The molecule has 0 saturated heterocycles. The van der Waals surface area contributed by atoms with Gasteiger partial charge in [-0.15, -0.1) is 0 Å². The summed E-state index contributed by atoms with van der Waals surface area (Å²) in [5.41, 5.74) is 36.3. The van der Waals surface area contributed by atoms with Crippen LogP contribution in [0, 0.1) is 81.5 Å². The fourth-order valence-electron chi connectivity index (χ4n) is 32.0. The maximum absolute atomic E-state index is 4.96. The summed E-state index contributed by atoms with van der Waals surface area (Å²) in [7, 11) is 0. The van der Waals surface area contributed by atoms with E-state index in [1.165, 1.54) is 242 Å². The third-order valence-electron chi connectivity index (χ3n) is 41.4. The van der Waals surface area contributed by atoms with Crippen LogP contribution in [0.4, 0.5) is 34.1 Å². The standard InChI is InChI=1S/C23H27N3.C22H28N2.2C21H27N3.C19H23N3.C18H21N3/c1-14-5-3-4-6-21(14)26-15(2)20-12-24-13-25-22(20)23(26)18-8-16-7-17(10-18)11-19(23)9-16;1-14-10-8-11-17-19(14)24-15(2)18-16(12-9-13-23-18)22(24,7)21(5,6)20(17,3)4;2*1-13-9-8-10-16-17(13)24-14(2)15-11-22-12-23-18(15)21(24,7)20(5,6)19(16,3)4;1-14-8-4-5-9-17(14)22-15(2)16-12-20-13-21-18(16)19(22)10-6-3-7-11-19;1-13-7-3-4-8-16(13)21-14(2)15-11-19-12-20-17(15)18(21)9-5-6-10-18/h3-6,12-13,15-19H,7-11H2,1-2H3;8-13,15H,1-7H3;2*8-12,14H,1-7H3;4-5,8-9,12-13,15H,3,6-7,10-11H2,1-2H3;3-4,7-8,11-12,14H,5-6,9-10H2,1-2H3. The highest BCUT2D eigenvalue weighted by Crippen LogP contribution is 2.73. The second-order valence-electron chi connectivity index (χ2n) is 48.5. The third kappa shape index (κ3) is 13.1. The highest BCUT2D eigenvalue weighted by molar-refractivity contribution is 5.76. The Bertz CT molecular complexity index is 6460. The molecule has 6 fully saturated rings. The van der Waals surface area contributed by atoms with Gasteiger partial charge in [-0.1, -0.05) is 230 Å². The Morgan fingerprint density at radius 2 is 0.553 bits per heavy atom. The van der Waals surface area contributed by atoms with Gasteiger partial charge in [0.2, 0.25) is 0 Å². The van der Waals surface area contributed by atoms with E-state index in [1.54, 1.807) is 31.6 Å². The van der Waals surface area contributed by atoms with E-state index in [4.69, 9.17) is 29.9 Å². The van der Waals surface area contributed by atoms with Crippen molar-refractivity contribution in [1.29, 1.82) is 0 Å². The number of fused-ring (bicyclic) bond motifs is 20. The Labute approximate surface area is 841 Å². The minimum absolute atomic E-state index is 0.00859. The zero-order chi connectivity index (χ0) is 99.5. The minimum atomic E-state index is -0.159. The fourth-order valence-corrected chi connectivity index (χ4v) is 32.0. The van der Waals surface area contributed by atoms with Crippen LogP contribution in [0.5, 0.6) is 0 Å². The van der Waals surface area contributed by atoms with Gasteiger partial charge in [-0.25, -0.2) is 49.8 Å². The average Bonchev–Trinajstić information content (AvgIpc) is 1.52. The van der Waals surface area contributed by atoms with Crippen molar-refractivity contribution in [2.24, 2.45) is 39.9 Å². The summed E-state index contributed by atoms with van der Waals surface area (Å²) in [4.78, 5) is 66.3. The molecule has 9 aliphatic heterocycles. The summed E-state index contributed by atoms with van der Waals surface area (Å²) in [6.07, 6.45) is 39.1. The van der Waals surface area contributed by atoms with Gasteiger partial charge in [-0.3, -0.25) is 4.98 Å². The van der Waals surface area contributed by atoms with Crippen LogP contribution in [0.25, 0.3) is 0 Å². The Morgan fingerprint density at radius 3 is 0.929 bits per heavy atom. The number of aromatic nitrogens is 11. The molecule has 3 spiro atoms. The van der Waals surface area contributed by atoms with Crippen molar-refractivity contribution in [2.45, 2.75) is 363 Å². The molecule has 27 rings (SSSR count). The molecule has 141 heavy (non-hydrogen) atoms. The number of anilines is 6. The van der Waals surface area contributed by atoms with Crippen molar-refractivity contribution in [3.05, 3.63) is 326 Å². The van der Waals surface area contributed by atoms with Crippen LogP contribution < -0.4 is 29.4 Å². The van der Waals surface area contributed by atoms with Gasteiger partial charge in [-0.2, -0.15) is 0 Å². The third-order valence-corrected chi connectivity index (χ3v) is 41.4. The summed E-state index contributed by atoms with van der Waals surface area (Å²) in [5.74, 6) is 3.42. The van der Waals surface area contributed by atoms with Gasteiger partial charge < -0.3 is 29.4 Å². The van der Waals surface area contributed by atoms with E-state index in [-0.39, 0.29) is 77.8 Å². The molecule has 9 atom stereocenters. The molecule has 734 valence electrons. The molecular formula is C124H153N17. The van der Waals surface area contributed by atoms with E-state index >= 15 is 0 Å². The monoisotopic (exact) mass is 1880 g/mol. The average molecular weight is 1880 g/mol. The van der Waals surface area contributed by atoms with Crippen molar-refractivity contribution in [3.8, 4) is 0 Å². The van der Waals surface area contributed by atoms with E-state index in [2.05, 4.69) is 387 Å². The SMILES string of the molecule is Cc1cccc2c1N1C(C)c3cncnc3C1(C)C(C)(C)C2(C)C.Cc1cccc2c1N1C(C)c3cncnc3C1(C)C(C)(C)C2(C)C.Cc1cccc2c1N1C(C)c3ncccc3C1(C)C(C)(C)C2(C)C.Cc1ccccc1N1C(C)c2cncnc2C12C1CC3CC(C1)CC2C3.Cc1ccccc1N1C(C)c2cncnc2C12CCCC2.Cc1ccccc1N1C(C)c2cncnc2C12CCCCC2. The topological polar surface area (TPSA) is 161 Å². The Balaban J connectivity index is 0.000000100. The fraction of sp³-hybridized carbons (Fsp3) is 0.508. The zero-order valence-electron chi connectivity index (χ0n) is 89.4. The number of pyridine rings is 1. The number of hydrogen-bond acceptors (Lipinski definition) is 17. The molecule has 4 bridgehead atoms. The van der Waals surface area contributed by atoms with E-state index in [1.807, 2.05) is 31.0 Å². The van der Waals surface area contributed by atoms with Crippen molar-refractivity contribution >= 4 is 34.1 Å². The van der Waals surface area contributed by atoms with Crippen molar-refractivity contribution in [2.75, 3.05) is 29.4 Å². The lowest BCUT2D eigenvalue weighted by Crippen LogP contribution is -2.62. The van der Waals surface area contributed by atoms with Gasteiger partial charge in [0.15, 0.2) is 0 Å². The molecule has 9 unspecified atom stereocenters. The molecular weight excluding hydrogens is 1730 g/mol. The van der Waals surface area contributed by atoms with Gasteiger partial charge in [0.1, 0.15) is 31.6 Å². The second kappa shape index (κ2) is 33.9. The number of para-hydroxylation sites is 6. The van der Waals surface area contributed by atoms with Gasteiger partial charge in [-0.05, 0) is 276 Å². The van der Waals surface area contributed by atoms with Crippen LogP contribution in [0.3, 0.4) is 0 Å². The number of nitrogens with zero attached hydrogens (tertiary/aromatic N) is 17. The first-order chi connectivity index (χ1) is 67.1. The number of benzene rings is 6. The highest BCUT2D eigenvalue weighted by atomic mass is 15.3. The number of aryl methyl sites for hydroxylation is 6. The first kappa shape index (κ1) is 95.8. The van der Waals surface area contributed by atoms with Crippen molar-refractivity contribution in [3.63, 3.8) is 0 Å². The quantitative estimate of drug-likeness (QED) is 0.164. The second-order valence-corrected chi connectivity index (χ2v) is 48.5. The normalized spacial score (nSPS) is 29.0. The summed E-state index contributed by atoms with van der Waals surface area (Å²) < 4.78 is 0. The molecule has 6 aromatic heterocycles. The first-order valence-electron chi connectivity index (χ1n) is 53.3. The van der Waals surface area contributed by atoms with Gasteiger partial charge in [0.25, 0.3) is 0 Å². The lowest BCUT2D eigenvalue weighted by molar-refractivity contribution is -0.0619. The molecule has 6 aromatic carbocycles. The summed E-state index contributed by atoms with van der Waals surface area (Å²) in [6.45, 7) is 63.2. The van der Waals surface area contributed by atoms with Crippen LogP contribution in [0.1, 0.15) is 389 Å². The molecule has 17 heteroatoms. The Morgan fingerprint density at radius 1 is 0.262 bits per heavy atom. The molecule has 6 aliphatic carbocycles. The zero-order valence-corrected chi connectivity index (χ0v) is 89.4. The molecule has 15 aliphatic rings. The van der Waals surface area contributed by atoms with Crippen LogP contribution >= 0.6 is 0 Å². The number of hydrogen-bond donors (Lipinski definition) is 0. The maximum Gasteiger partial charge on any atom is 0.115 e. The minimum Gasteiger partial charge on any atom is -0.353 e. The van der Waals surface area contributed by atoms with E-state index in [0.717, 1.165) is 23.7 Å². The smallest absolute Gasteiger partial charge is 0.115 e.